The van der Waals surface area contributed by atoms with E-state index in [4.69, 9.17) is 4.74 Å². The Kier molecular flexibility index (Phi) is 4.55. The Balaban J connectivity index is 1.99. The molecule has 4 nitrogen and oxygen atoms in total. The lowest BCUT2D eigenvalue weighted by molar-refractivity contribution is 0.0603. The lowest BCUT2D eigenvalue weighted by Crippen LogP contribution is -2.13. The number of hydrogen-bond donors (Lipinski definition) is 1. The topological polar surface area (TPSA) is 55.4 Å². The molecular formula is C17H13NO3S2. The van der Waals surface area contributed by atoms with E-state index in [0.717, 1.165) is 11.1 Å². The normalized spacial score (nSPS) is 10.3. The van der Waals surface area contributed by atoms with Crippen LogP contribution >= 0.6 is 22.7 Å². The number of benzene rings is 1. The van der Waals surface area contributed by atoms with Crippen LogP contribution in [0.4, 0.5) is 5.00 Å². The van der Waals surface area contributed by atoms with Crippen LogP contribution < -0.4 is 5.32 Å². The molecule has 1 amide bonds. The first-order valence-electron chi connectivity index (χ1n) is 6.80. The van der Waals surface area contributed by atoms with Crippen LogP contribution in [0, 0.1) is 0 Å². The van der Waals surface area contributed by atoms with E-state index in [0.29, 0.717) is 15.4 Å². The predicted octanol–water partition coefficient (Wildman–Crippen LogP) is 4.52. The molecule has 23 heavy (non-hydrogen) atoms. The van der Waals surface area contributed by atoms with E-state index >= 15 is 0 Å². The third-order valence-corrected chi connectivity index (χ3v) is 5.00. The largest absolute Gasteiger partial charge is 0.465 e. The number of thiophene rings is 2. The summed E-state index contributed by atoms with van der Waals surface area (Å²) in [5, 5.41) is 6.99. The summed E-state index contributed by atoms with van der Waals surface area (Å²) in [7, 11) is 1.33. The summed E-state index contributed by atoms with van der Waals surface area (Å²) in [6.45, 7) is 0. The third kappa shape index (κ3) is 3.18. The van der Waals surface area contributed by atoms with Crippen molar-refractivity contribution in [3.8, 4) is 11.1 Å². The molecule has 0 aliphatic rings. The lowest BCUT2D eigenvalue weighted by Gasteiger charge is -2.07. The third-order valence-electron chi connectivity index (χ3n) is 3.24. The molecule has 6 heteroatoms. The molecular weight excluding hydrogens is 330 g/mol. The summed E-state index contributed by atoms with van der Waals surface area (Å²) in [6.07, 6.45) is 0. The van der Waals surface area contributed by atoms with Gasteiger partial charge in [-0.3, -0.25) is 4.79 Å². The fourth-order valence-corrected chi connectivity index (χ4v) is 3.73. The molecule has 3 aromatic rings. The molecule has 1 aromatic carbocycles. The minimum Gasteiger partial charge on any atom is -0.465 e. The van der Waals surface area contributed by atoms with Gasteiger partial charge in [-0.05, 0) is 17.0 Å². The van der Waals surface area contributed by atoms with Crippen LogP contribution in [-0.2, 0) is 4.74 Å². The van der Waals surface area contributed by atoms with Gasteiger partial charge in [0.2, 0.25) is 0 Å². The minimum atomic E-state index is -0.466. The number of nitrogens with one attached hydrogen (secondary N) is 1. The summed E-state index contributed by atoms with van der Waals surface area (Å²) in [5.41, 5.74) is 2.04. The molecule has 0 unspecified atom stereocenters. The number of hydrogen-bond acceptors (Lipinski definition) is 5. The molecule has 2 heterocycles. The van der Waals surface area contributed by atoms with Crippen molar-refractivity contribution in [2.45, 2.75) is 0 Å². The number of ether oxygens (including phenoxy) is 1. The zero-order valence-corrected chi connectivity index (χ0v) is 13.9. The molecule has 0 radical (unpaired) electrons. The quantitative estimate of drug-likeness (QED) is 0.709. The highest BCUT2D eigenvalue weighted by atomic mass is 32.1. The SMILES string of the molecule is COC(=O)c1c(-c2ccccc2)csc1NC(=O)c1cccs1. The highest BCUT2D eigenvalue weighted by molar-refractivity contribution is 7.15. The molecule has 0 fully saturated rings. The molecule has 0 saturated carbocycles. The molecule has 2 aromatic heterocycles. The van der Waals surface area contributed by atoms with Crippen molar-refractivity contribution < 1.29 is 14.3 Å². The Morgan fingerprint density at radius 2 is 1.83 bits per heavy atom. The van der Waals surface area contributed by atoms with Gasteiger partial charge in [0.05, 0.1) is 12.0 Å². The van der Waals surface area contributed by atoms with E-state index in [-0.39, 0.29) is 5.91 Å². The number of carbonyl (C=O) groups excluding carboxylic acids is 2. The number of anilines is 1. The van der Waals surface area contributed by atoms with Crippen molar-refractivity contribution in [2.24, 2.45) is 0 Å². The Labute approximate surface area is 141 Å². The zero-order chi connectivity index (χ0) is 16.2. The van der Waals surface area contributed by atoms with Crippen LogP contribution in [0.25, 0.3) is 11.1 Å². The lowest BCUT2D eigenvalue weighted by atomic mass is 10.0. The Bertz CT molecular complexity index is 823. The number of carbonyl (C=O) groups is 2. The van der Waals surface area contributed by atoms with E-state index in [1.165, 1.54) is 29.8 Å². The first-order chi connectivity index (χ1) is 11.2. The molecule has 0 aliphatic carbocycles. The van der Waals surface area contributed by atoms with Crippen LogP contribution in [0.15, 0.2) is 53.2 Å². The van der Waals surface area contributed by atoms with E-state index in [9.17, 15) is 9.59 Å². The number of amides is 1. The standard InChI is InChI=1S/C17H13NO3S2/c1-21-17(20)14-12(11-6-3-2-4-7-11)10-23-16(14)18-15(19)13-8-5-9-22-13/h2-10H,1H3,(H,18,19). The van der Waals surface area contributed by atoms with Gasteiger partial charge in [0.25, 0.3) is 5.91 Å². The van der Waals surface area contributed by atoms with Gasteiger partial charge in [-0.1, -0.05) is 36.4 Å². The number of methoxy groups -OCH3 is 1. The molecule has 0 saturated heterocycles. The van der Waals surface area contributed by atoms with E-state index in [1.54, 1.807) is 6.07 Å². The predicted molar refractivity (Wildman–Crippen MR) is 93.4 cm³/mol. The van der Waals surface area contributed by atoms with Gasteiger partial charge in [0, 0.05) is 10.9 Å². The van der Waals surface area contributed by atoms with Crippen LogP contribution in [0.5, 0.6) is 0 Å². The van der Waals surface area contributed by atoms with Gasteiger partial charge in [-0.15, -0.1) is 22.7 Å². The minimum absolute atomic E-state index is 0.230. The van der Waals surface area contributed by atoms with Crippen molar-refractivity contribution in [2.75, 3.05) is 12.4 Å². The smallest absolute Gasteiger partial charge is 0.341 e. The van der Waals surface area contributed by atoms with Crippen LogP contribution in [0.2, 0.25) is 0 Å². The average Bonchev–Trinajstić information content (AvgIpc) is 3.25. The van der Waals surface area contributed by atoms with Crippen molar-refractivity contribution in [3.63, 3.8) is 0 Å². The van der Waals surface area contributed by atoms with Gasteiger partial charge in [-0.25, -0.2) is 4.79 Å². The Morgan fingerprint density at radius 1 is 1.04 bits per heavy atom. The fourth-order valence-electron chi connectivity index (χ4n) is 2.16. The van der Waals surface area contributed by atoms with Gasteiger partial charge in [0.1, 0.15) is 10.6 Å². The average molecular weight is 343 g/mol. The summed E-state index contributed by atoms with van der Waals surface area (Å²) >= 11 is 2.66. The maximum Gasteiger partial charge on any atom is 0.341 e. The van der Waals surface area contributed by atoms with Gasteiger partial charge < -0.3 is 10.1 Å². The summed E-state index contributed by atoms with van der Waals surface area (Å²) < 4.78 is 4.89. The molecule has 1 N–H and O–H groups in total. The first-order valence-corrected chi connectivity index (χ1v) is 8.56. The highest BCUT2D eigenvalue weighted by Gasteiger charge is 2.22. The zero-order valence-electron chi connectivity index (χ0n) is 12.2. The molecule has 0 aliphatic heterocycles. The molecule has 3 rings (SSSR count). The highest BCUT2D eigenvalue weighted by Crippen LogP contribution is 2.36. The van der Waals surface area contributed by atoms with Gasteiger partial charge >= 0.3 is 5.97 Å². The summed E-state index contributed by atoms with van der Waals surface area (Å²) in [5.74, 6) is -0.696. The van der Waals surface area contributed by atoms with Crippen LogP contribution in [0.3, 0.4) is 0 Å². The first kappa shape index (κ1) is 15.5. The Hall–Kier alpha value is -2.44. The second kappa shape index (κ2) is 6.76. The van der Waals surface area contributed by atoms with E-state index in [2.05, 4.69) is 5.32 Å². The Morgan fingerprint density at radius 3 is 2.48 bits per heavy atom. The fraction of sp³-hybridized carbons (Fsp3) is 0.0588. The maximum absolute atomic E-state index is 12.2. The molecule has 116 valence electrons. The van der Waals surface area contributed by atoms with Gasteiger partial charge in [0.15, 0.2) is 0 Å². The van der Waals surface area contributed by atoms with Crippen molar-refractivity contribution in [1.82, 2.24) is 0 Å². The van der Waals surface area contributed by atoms with Gasteiger partial charge in [-0.2, -0.15) is 0 Å². The van der Waals surface area contributed by atoms with E-state index in [1.807, 2.05) is 47.2 Å². The van der Waals surface area contributed by atoms with Crippen molar-refractivity contribution >= 4 is 39.6 Å². The van der Waals surface area contributed by atoms with Crippen LogP contribution in [-0.4, -0.2) is 19.0 Å². The second-order valence-corrected chi connectivity index (χ2v) is 6.47. The number of esters is 1. The summed E-state index contributed by atoms with van der Waals surface area (Å²) in [6, 6.07) is 13.1. The van der Waals surface area contributed by atoms with E-state index < -0.39 is 5.97 Å². The molecule has 0 bridgehead atoms. The molecule has 0 spiro atoms. The monoisotopic (exact) mass is 343 g/mol. The number of rotatable bonds is 4. The summed E-state index contributed by atoms with van der Waals surface area (Å²) in [4.78, 5) is 25.0. The molecule has 0 atom stereocenters. The van der Waals surface area contributed by atoms with Crippen molar-refractivity contribution in [3.05, 3.63) is 63.7 Å². The van der Waals surface area contributed by atoms with Crippen molar-refractivity contribution in [1.29, 1.82) is 0 Å². The maximum atomic E-state index is 12.2. The second-order valence-electron chi connectivity index (χ2n) is 4.64. The van der Waals surface area contributed by atoms with Crippen LogP contribution in [0.1, 0.15) is 20.0 Å².